The molecule has 0 aromatic heterocycles. The van der Waals surface area contributed by atoms with Crippen LogP contribution in [0.5, 0.6) is 0 Å². The highest BCUT2D eigenvalue weighted by Crippen LogP contribution is 2.19. The van der Waals surface area contributed by atoms with E-state index >= 15 is 0 Å². The lowest BCUT2D eigenvalue weighted by molar-refractivity contribution is 0.227. The maximum absolute atomic E-state index is 12.8. The van der Waals surface area contributed by atoms with E-state index in [1.807, 2.05) is 5.92 Å². The molecule has 0 aliphatic heterocycles. The summed E-state index contributed by atoms with van der Waals surface area (Å²) >= 11 is 0. The molecule has 1 aromatic carbocycles. The maximum atomic E-state index is 12.8. The van der Waals surface area contributed by atoms with Crippen LogP contribution in [0, 0.1) is 24.0 Å². The molecule has 12 heavy (non-hydrogen) atoms. The van der Waals surface area contributed by atoms with E-state index in [9.17, 15) is 8.78 Å². The Bertz CT molecular complexity index is 308. The highest BCUT2D eigenvalue weighted by Gasteiger charge is 2.14. The van der Waals surface area contributed by atoms with Crippen molar-refractivity contribution in [3.63, 3.8) is 0 Å². The van der Waals surface area contributed by atoms with Crippen molar-refractivity contribution >= 4 is 0 Å². The average Bonchev–Trinajstić information content (AvgIpc) is 2.03. The van der Waals surface area contributed by atoms with Gasteiger partial charge in [0.05, 0.1) is 5.56 Å². The van der Waals surface area contributed by atoms with Crippen molar-refractivity contribution in [2.45, 2.75) is 6.10 Å². The monoisotopic (exact) mass is 168 g/mol. The van der Waals surface area contributed by atoms with E-state index in [0.29, 0.717) is 0 Å². The first-order chi connectivity index (χ1) is 5.66. The Morgan fingerprint density at radius 3 is 2.25 bits per heavy atom. The molecule has 1 nitrogen and oxygen atoms in total. The molecule has 0 saturated carbocycles. The topological polar surface area (TPSA) is 20.2 Å². The first kappa shape index (κ1) is 8.69. The van der Waals surface area contributed by atoms with Crippen LogP contribution in [0.1, 0.15) is 11.7 Å². The lowest BCUT2D eigenvalue weighted by Crippen LogP contribution is -2.01. The number of hydrogen-bond acceptors (Lipinski definition) is 1. The largest absolute Gasteiger partial charge is 0.376 e. The Kier molecular flexibility index (Phi) is 2.41. The van der Waals surface area contributed by atoms with Crippen LogP contribution >= 0.6 is 0 Å². The van der Waals surface area contributed by atoms with E-state index in [0.717, 1.165) is 12.1 Å². The van der Waals surface area contributed by atoms with Crippen molar-refractivity contribution in [1.82, 2.24) is 0 Å². The van der Waals surface area contributed by atoms with Gasteiger partial charge >= 0.3 is 0 Å². The van der Waals surface area contributed by atoms with Crippen molar-refractivity contribution in [3.8, 4) is 12.3 Å². The molecule has 0 radical (unpaired) electrons. The van der Waals surface area contributed by atoms with Gasteiger partial charge in [0.25, 0.3) is 0 Å². The summed E-state index contributed by atoms with van der Waals surface area (Å²) in [6, 6.07) is 3.29. The number of aliphatic hydroxyl groups is 1. The van der Waals surface area contributed by atoms with E-state index in [1.165, 1.54) is 6.07 Å². The Hall–Kier alpha value is -1.40. The molecule has 0 spiro atoms. The van der Waals surface area contributed by atoms with Crippen LogP contribution in [0.3, 0.4) is 0 Å². The molecule has 62 valence electrons. The molecule has 0 saturated heterocycles. The van der Waals surface area contributed by atoms with Crippen LogP contribution in [0.4, 0.5) is 8.78 Å². The van der Waals surface area contributed by atoms with Crippen molar-refractivity contribution in [2.24, 2.45) is 0 Å². The van der Waals surface area contributed by atoms with Gasteiger partial charge in [-0.15, -0.1) is 6.42 Å². The number of rotatable bonds is 1. The molecule has 1 rings (SSSR count). The summed E-state index contributed by atoms with van der Waals surface area (Å²) in [5, 5.41) is 8.97. The lowest BCUT2D eigenvalue weighted by Gasteiger charge is -2.05. The van der Waals surface area contributed by atoms with Crippen LogP contribution in [-0.4, -0.2) is 5.11 Å². The van der Waals surface area contributed by atoms with Crippen molar-refractivity contribution in [1.29, 1.82) is 0 Å². The molecule has 0 amide bonds. The number of benzene rings is 1. The van der Waals surface area contributed by atoms with Crippen molar-refractivity contribution in [3.05, 3.63) is 35.4 Å². The minimum absolute atomic E-state index is 0.472. The summed E-state index contributed by atoms with van der Waals surface area (Å²) in [6.07, 6.45) is 3.29. The zero-order valence-electron chi connectivity index (χ0n) is 6.09. The Morgan fingerprint density at radius 2 is 1.83 bits per heavy atom. The molecule has 0 heterocycles. The Labute approximate surface area is 68.7 Å². The molecule has 0 unspecified atom stereocenters. The van der Waals surface area contributed by atoms with Gasteiger partial charge in [0.1, 0.15) is 17.7 Å². The Balaban J connectivity index is 3.23. The summed E-state index contributed by atoms with van der Waals surface area (Å²) in [5.41, 5.74) is -0.472. The van der Waals surface area contributed by atoms with Crippen LogP contribution in [-0.2, 0) is 0 Å². The number of hydrogen-bond donors (Lipinski definition) is 1. The fourth-order valence-corrected chi connectivity index (χ4v) is 0.855. The molecule has 0 aliphatic carbocycles. The van der Waals surface area contributed by atoms with Gasteiger partial charge in [0.15, 0.2) is 0 Å². The van der Waals surface area contributed by atoms with Crippen molar-refractivity contribution in [2.75, 3.05) is 0 Å². The summed E-state index contributed by atoms with van der Waals surface area (Å²) in [7, 11) is 0. The smallest absolute Gasteiger partial charge is 0.145 e. The Morgan fingerprint density at radius 1 is 1.33 bits per heavy atom. The quantitative estimate of drug-likeness (QED) is 0.632. The second-order valence-corrected chi connectivity index (χ2v) is 2.20. The molecule has 1 atom stereocenters. The van der Waals surface area contributed by atoms with E-state index in [4.69, 9.17) is 11.5 Å². The van der Waals surface area contributed by atoms with Gasteiger partial charge in [-0.25, -0.2) is 8.78 Å². The number of terminal acetylenes is 1. The standard InChI is InChI=1S/C9H6F2O/c1-2-8(12)9-6(10)4-3-5-7(9)11/h1,3-5,8,12H/t8-/m1/s1. The van der Waals surface area contributed by atoms with Gasteiger partial charge in [0.2, 0.25) is 0 Å². The highest BCUT2D eigenvalue weighted by atomic mass is 19.1. The van der Waals surface area contributed by atoms with Gasteiger partial charge < -0.3 is 5.11 Å². The van der Waals surface area contributed by atoms with E-state index in [2.05, 4.69) is 0 Å². The summed E-state index contributed by atoms with van der Waals surface area (Å²) in [6.45, 7) is 0. The van der Waals surface area contributed by atoms with Crippen LogP contribution in [0.25, 0.3) is 0 Å². The predicted octanol–water partition coefficient (Wildman–Crippen LogP) is 1.63. The third-order valence-corrected chi connectivity index (χ3v) is 1.43. The fourth-order valence-electron chi connectivity index (χ4n) is 0.855. The van der Waals surface area contributed by atoms with E-state index in [-0.39, 0.29) is 0 Å². The molecule has 0 aliphatic rings. The van der Waals surface area contributed by atoms with Crippen LogP contribution in [0.2, 0.25) is 0 Å². The van der Waals surface area contributed by atoms with Gasteiger partial charge in [-0.05, 0) is 12.1 Å². The van der Waals surface area contributed by atoms with Gasteiger partial charge in [-0.2, -0.15) is 0 Å². The summed E-state index contributed by atoms with van der Waals surface area (Å²) in [4.78, 5) is 0. The third-order valence-electron chi connectivity index (χ3n) is 1.43. The molecule has 0 bridgehead atoms. The average molecular weight is 168 g/mol. The highest BCUT2D eigenvalue weighted by molar-refractivity contribution is 5.26. The minimum Gasteiger partial charge on any atom is -0.376 e. The lowest BCUT2D eigenvalue weighted by atomic mass is 10.1. The molecule has 0 fully saturated rings. The molecule has 3 heteroatoms. The minimum atomic E-state index is -1.52. The summed E-state index contributed by atoms with van der Waals surface area (Å²) < 4.78 is 25.6. The van der Waals surface area contributed by atoms with Crippen molar-refractivity contribution < 1.29 is 13.9 Å². The molecule has 1 N–H and O–H groups in total. The van der Waals surface area contributed by atoms with Gasteiger partial charge in [-0.3, -0.25) is 0 Å². The molecular formula is C9H6F2O. The second kappa shape index (κ2) is 3.33. The zero-order valence-corrected chi connectivity index (χ0v) is 6.09. The van der Waals surface area contributed by atoms with Gasteiger partial charge in [-0.1, -0.05) is 12.0 Å². The normalized spacial score (nSPS) is 12.2. The first-order valence-electron chi connectivity index (χ1n) is 3.25. The predicted molar refractivity (Wildman–Crippen MR) is 40.2 cm³/mol. The third kappa shape index (κ3) is 1.44. The number of aliphatic hydroxyl groups excluding tert-OH is 1. The first-order valence-corrected chi connectivity index (χ1v) is 3.25. The molecular weight excluding hydrogens is 162 g/mol. The fraction of sp³-hybridized carbons (Fsp3) is 0.111. The summed E-state index contributed by atoms with van der Waals surface area (Å²) in [5.74, 6) is 0.173. The maximum Gasteiger partial charge on any atom is 0.145 e. The van der Waals surface area contributed by atoms with Crippen LogP contribution in [0.15, 0.2) is 18.2 Å². The SMILES string of the molecule is C#C[C@@H](O)c1c(F)cccc1F. The molecule has 1 aromatic rings. The zero-order chi connectivity index (χ0) is 9.14. The van der Waals surface area contributed by atoms with E-state index < -0.39 is 23.3 Å². The number of halogens is 2. The van der Waals surface area contributed by atoms with Crippen LogP contribution < -0.4 is 0 Å². The van der Waals surface area contributed by atoms with E-state index in [1.54, 1.807) is 0 Å². The second-order valence-electron chi connectivity index (χ2n) is 2.20. The van der Waals surface area contributed by atoms with Gasteiger partial charge in [0, 0.05) is 0 Å².